The molecule has 0 aliphatic carbocycles. The first-order valence-electron chi connectivity index (χ1n) is 8.33. The highest BCUT2D eigenvalue weighted by molar-refractivity contribution is 5.67. The van der Waals surface area contributed by atoms with Gasteiger partial charge in [-0.15, -0.1) is 0 Å². The third-order valence-electron chi connectivity index (χ3n) is 3.94. The Bertz CT molecular complexity index is 559. The van der Waals surface area contributed by atoms with Crippen LogP contribution in [-0.2, 0) is 11.3 Å². The Balaban J connectivity index is 1.84. The monoisotopic (exact) mass is 335 g/mol. The first kappa shape index (κ1) is 18.2. The predicted molar refractivity (Wildman–Crippen MR) is 90.7 cm³/mol. The molecule has 1 aromatic carbocycles. The SMILES string of the molecule is CC(C)COC(=O)N1CCCN(Cc2ccc([N+](=O)[O-])cc2)CC1. The molecule has 1 aliphatic heterocycles. The van der Waals surface area contributed by atoms with Crippen molar-refractivity contribution >= 4 is 11.8 Å². The van der Waals surface area contributed by atoms with E-state index in [0.717, 1.165) is 31.6 Å². The molecule has 2 rings (SSSR count). The maximum atomic E-state index is 12.0. The van der Waals surface area contributed by atoms with E-state index in [4.69, 9.17) is 4.74 Å². The lowest BCUT2D eigenvalue weighted by Gasteiger charge is -2.22. The number of carbonyl (C=O) groups is 1. The van der Waals surface area contributed by atoms with Crippen molar-refractivity contribution in [2.75, 3.05) is 32.8 Å². The Labute approximate surface area is 142 Å². The minimum atomic E-state index is -0.392. The molecule has 24 heavy (non-hydrogen) atoms. The fourth-order valence-electron chi connectivity index (χ4n) is 2.62. The van der Waals surface area contributed by atoms with E-state index in [1.54, 1.807) is 17.0 Å². The molecule has 132 valence electrons. The van der Waals surface area contributed by atoms with Crippen LogP contribution in [0.4, 0.5) is 10.5 Å². The molecule has 0 unspecified atom stereocenters. The molecule has 1 amide bonds. The van der Waals surface area contributed by atoms with Crippen molar-refractivity contribution in [3.8, 4) is 0 Å². The molecule has 7 heteroatoms. The molecule has 0 saturated carbocycles. The number of ether oxygens (including phenoxy) is 1. The second kappa shape index (κ2) is 8.63. The standard InChI is InChI=1S/C17H25N3O4/c1-14(2)13-24-17(21)19-9-3-8-18(10-11-19)12-15-4-6-16(7-5-15)20(22)23/h4-7,14H,3,8-13H2,1-2H3. The van der Waals surface area contributed by atoms with Crippen LogP contribution in [0.5, 0.6) is 0 Å². The summed E-state index contributed by atoms with van der Waals surface area (Å²) in [4.78, 5) is 26.4. The molecule has 1 saturated heterocycles. The maximum Gasteiger partial charge on any atom is 0.409 e. The molecule has 0 aromatic heterocycles. The Hall–Kier alpha value is -2.15. The molecule has 1 fully saturated rings. The van der Waals surface area contributed by atoms with Gasteiger partial charge in [0, 0.05) is 44.9 Å². The highest BCUT2D eigenvalue weighted by Crippen LogP contribution is 2.15. The Morgan fingerprint density at radius 2 is 1.92 bits per heavy atom. The number of benzene rings is 1. The normalized spacial score (nSPS) is 16.0. The lowest BCUT2D eigenvalue weighted by molar-refractivity contribution is -0.384. The lowest BCUT2D eigenvalue weighted by atomic mass is 10.2. The van der Waals surface area contributed by atoms with Gasteiger partial charge in [0.2, 0.25) is 0 Å². The van der Waals surface area contributed by atoms with Crippen molar-refractivity contribution in [3.63, 3.8) is 0 Å². The number of nitrogens with zero attached hydrogens (tertiary/aromatic N) is 3. The number of non-ortho nitro benzene ring substituents is 1. The van der Waals surface area contributed by atoms with Gasteiger partial charge in [0.25, 0.3) is 5.69 Å². The third kappa shape index (κ3) is 5.49. The number of amides is 1. The second-order valence-corrected chi connectivity index (χ2v) is 6.51. The lowest BCUT2D eigenvalue weighted by Crippen LogP contribution is -2.36. The number of hydrogen-bond acceptors (Lipinski definition) is 5. The van der Waals surface area contributed by atoms with Gasteiger partial charge < -0.3 is 9.64 Å². The average molecular weight is 335 g/mol. The Morgan fingerprint density at radius 3 is 2.54 bits per heavy atom. The number of hydrogen-bond donors (Lipinski definition) is 0. The molecule has 1 heterocycles. The van der Waals surface area contributed by atoms with Crippen LogP contribution in [-0.4, -0.2) is 53.6 Å². The van der Waals surface area contributed by atoms with Crippen LogP contribution in [0.1, 0.15) is 25.8 Å². The van der Waals surface area contributed by atoms with E-state index in [2.05, 4.69) is 4.90 Å². The molecule has 7 nitrogen and oxygen atoms in total. The topological polar surface area (TPSA) is 75.9 Å². The van der Waals surface area contributed by atoms with Crippen molar-refractivity contribution in [1.82, 2.24) is 9.80 Å². The van der Waals surface area contributed by atoms with E-state index in [1.165, 1.54) is 12.1 Å². The maximum absolute atomic E-state index is 12.0. The first-order valence-corrected chi connectivity index (χ1v) is 8.33. The minimum absolute atomic E-state index is 0.105. The number of carbonyl (C=O) groups excluding carboxylic acids is 1. The summed E-state index contributed by atoms with van der Waals surface area (Å²) in [5.41, 5.74) is 1.14. The van der Waals surface area contributed by atoms with E-state index >= 15 is 0 Å². The van der Waals surface area contributed by atoms with E-state index in [9.17, 15) is 14.9 Å². The van der Waals surface area contributed by atoms with Gasteiger partial charge in [0.15, 0.2) is 0 Å². The highest BCUT2D eigenvalue weighted by atomic mass is 16.6. The van der Waals surface area contributed by atoms with Gasteiger partial charge in [-0.1, -0.05) is 26.0 Å². The van der Waals surface area contributed by atoms with Crippen LogP contribution in [0.2, 0.25) is 0 Å². The first-order chi connectivity index (χ1) is 11.5. The summed E-state index contributed by atoms with van der Waals surface area (Å²) in [6.45, 7) is 8.22. The van der Waals surface area contributed by atoms with Crippen molar-refractivity contribution in [1.29, 1.82) is 0 Å². The molecule has 0 atom stereocenters. The number of rotatable bonds is 5. The van der Waals surface area contributed by atoms with E-state index in [1.807, 2.05) is 13.8 Å². The quantitative estimate of drug-likeness (QED) is 0.611. The van der Waals surface area contributed by atoms with Crippen molar-refractivity contribution in [3.05, 3.63) is 39.9 Å². The van der Waals surface area contributed by atoms with Gasteiger partial charge >= 0.3 is 6.09 Å². The molecule has 0 radical (unpaired) electrons. The fourth-order valence-corrected chi connectivity index (χ4v) is 2.62. The van der Waals surface area contributed by atoms with Crippen molar-refractivity contribution in [2.45, 2.75) is 26.8 Å². The number of nitro benzene ring substituents is 1. The molecular weight excluding hydrogens is 310 g/mol. The summed E-state index contributed by atoms with van der Waals surface area (Å²) in [7, 11) is 0. The molecular formula is C17H25N3O4. The molecule has 1 aromatic rings. The zero-order chi connectivity index (χ0) is 17.5. The average Bonchev–Trinajstić information content (AvgIpc) is 2.79. The van der Waals surface area contributed by atoms with Crippen LogP contribution in [0.25, 0.3) is 0 Å². The molecule has 0 spiro atoms. The summed E-state index contributed by atoms with van der Waals surface area (Å²) in [5.74, 6) is 0.333. The Morgan fingerprint density at radius 1 is 1.21 bits per heavy atom. The fraction of sp³-hybridized carbons (Fsp3) is 0.588. The van der Waals surface area contributed by atoms with E-state index in [-0.39, 0.29) is 11.8 Å². The zero-order valence-corrected chi connectivity index (χ0v) is 14.3. The summed E-state index contributed by atoms with van der Waals surface area (Å²) in [6.07, 6.45) is 0.657. The van der Waals surface area contributed by atoms with Gasteiger partial charge in [-0.25, -0.2) is 4.79 Å². The largest absolute Gasteiger partial charge is 0.449 e. The summed E-state index contributed by atoms with van der Waals surface area (Å²) in [6, 6.07) is 6.64. The van der Waals surface area contributed by atoms with Gasteiger partial charge in [-0.3, -0.25) is 15.0 Å². The molecule has 1 aliphatic rings. The van der Waals surface area contributed by atoms with Crippen LogP contribution in [0, 0.1) is 16.0 Å². The highest BCUT2D eigenvalue weighted by Gasteiger charge is 2.20. The minimum Gasteiger partial charge on any atom is -0.449 e. The summed E-state index contributed by atoms with van der Waals surface area (Å²) < 4.78 is 5.29. The number of nitro groups is 1. The molecule has 0 N–H and O–H groups in total. The summed E-state index contributed by atoms with van der Waals surface area (Å²) >= 11 is 0. The van der Waals surface area contributed by atoms with Gasteiger partial charge in [-0.05, 0) is 17.9 Å². The van der Waals surface area contributed by atoms with Gasteiger partial charge in [-0.2, -0.15) is 0 Å². The Kier molecular flexibility index (Phi) is 6.54. The zero-order valence-electron chi connectivity index (χ0n) is 14.3. The van der Waals surface area contributed by atoms with Crippen LogP contribution in [0.15, 0.2) is 24.3 Å². The predicted octanol–water partition coefficient (Wildman–Crippen LogP) is 2.90. The van der Waals surface area contributed by atoms with Crippen molar-refractivity contribution < 1.29 is 14.5 Å². The van der Waals surface area contributed by atoms with Crippen LogP contribution < -0.4 is 0 Å². The smallest absolute Gasteiger partial charge is 0.409 e. The van der Waals surface area contributed by atoms with Crippen LogP contribution in [0.3, 0.4) is 0 Å². The van der Waals surface area contributed by atoms with Gasteiger partial charge in [0.05, 0.1) is 11.5 Å². The van der Waals surface area contributed by atoms with Crippen molar-refractivity contribution in [2.24, 2.45) is 5.92 Å². The molecule has 0 bridgehead atoms. The third-order valence-corrected chi connectivity index (χ3v) is 3.94. The van der Waals surface area contributed by atoms with Gasteiger partial charge in [0.1, 0.15) is 0 Å². The van der Waals surface area contributed by atoms with E-state index in [0.29, 0.717) is 25.6 Å². The van der Waals surface area contributed by atoms with Crippen LogP contribution >= 0.6 is 0 Å². The summed E-state index contributed by atoms with van der Waals surface area (Å²) in [5, 5.41) is 10.7. The second-order valence-electron chi connectivity index (χ2n) is 6.51. The van der Waals surface area contributed by atoms with E-state index < -0.39 is 4.92 Å².